The standard InChI is InChI=1S/C15H21NOS/c1-11-3-4-12(2)13(9-11)10-15(17)16-14-5-7-18-8-6-14/h3-4,9,14H,5-8,10H2,1-2H3,(H,16,17). The molecule has 0 radical (unpaired) electrons. The number of hydrogen-bond acceptors (Lipinski definition) is 2. The Morgan fingerprint density at radius 2 is 2.06 bits per heavy atom. The molecular weight excluding hydrogens is 242 g/mol. The quantitative estimate of drug-likeness (QED) is 0.908. The van der Waals surface area contributed by atoms with Gasteiger partial charge in [-0.15, -0.1) is 0 Å². The predicted molar refractivity (Wildman–Crippen MR) is 78.1 cm³/mol. The lowest BCUT2D eigenvalue weighted by atomic mass is 10.0. The van der Waals surface area contributed by atoms with Gasteiger partial charge in [-0.25, -0.2) is 0 Å². The molecule has 2 rings (SSSR count). The molecular formula is C15H21NOS. The molecule has 1 saturated heterocycles. The van der Waals surface area contributed by atoms with Crippen LogP contribution in [0.2, 0.25) is 0 Å². The molecule has 0 aromatic heterocycles. The molecule has 18 heavy (non-hydrogen) atoms. The van der Waals surface area contributed by atoms with Gasteiger partial charge in [-0.3, -0.25) is 4.79 Å². The van der Waals surface area contributed by atoms with Crippen molar-refractivity contribution in [2.45, 2.75) is 39.2 Å². The van der Waals surface area contributed by atoms with E-state index in [-0.39, 0.29) is 5.91 Å². The van der Waals surface area contributed by atoms with Crippen molar-refractivity contribution in [2.75, 3.05) is 11.5 Å². The number of carbonyl (C=O) groups is 1. The molecule has 0 aliphatic carbocycles. The van der Waals surface area contributed by atoms with Crippen LogP contribution >= 0.6 is 11.8 Å². The third-order valence-corrected chi connectivity index (χ3v) is 4.49. The number of aryl methyl sites for hydroxylation is 2. The van der Waals surface area contributed by atoms with E-state index in [1.54, 1.807) is 0 Å². The minimum absolute atomic E-state index is 0.167. The molecule has 3 heteroatoms. The van der Waals surface area contributed by atoms with Crippen molar-refractivity contribution in [3.63, 3.8) is 0 Å². The maximum absolute atomic E-state index is 12.0. The zero-order valence-electron chi connectivity index (χ0n) is 11.2. The van der Waals surface area contributed by atoms with E-state index in [0.717, 1.165) is 18.4 Å². The summed E-state index contributed by atoms with van der Waals surface area (Å²) in [6.07, 6.45) is 2.74. The Labute approximate surface area is 114 Å². The summed E-state index contributed by atoms with van der Waals surface area (Å²) in [7, 11) is 0. The predicted octanol–water partition coefficient (Wildman–Crippen LogP) is 2.86. The minimum atomic E-state index is 0.167. The average Bonchev–Trinajstić information content (AvgIpc) is 2.35. The van der Waals surface area contributed by atoms with Gasteiger partial charge in [0.15, 0.2) is 0 Å². The molecule has 0 unspecified atom stereocenters. The summed E-state index contributed by atoms with van der Waals surface area (Å²) in [5.74, 6) is 2.52. The summed E-state index contributed by atoms with van der Waals surface area (Å²) in [4.78, 5) is 12.0. The normalized spacial score (nSPS) is 16.6. The molecule has 98 valence electrons. The van der Waals surface area contributed by atoms with Gasteiger partial charge in [0.05, 0.1) is 6.42 Å². The molecule has 1 amide bonds. The van der Waals surface area contributed by atoms with Crippen molar-refractivity contribution in [1.29, 1.82) is 0 Å². The summed E-state index contributed by atoms with van der Waals surface area (Å²) in [6.45, 7) is 4.14. The second kappa shape index (κ2) is 6.28. The van der Waals surface area contributed by atoms with Gasteiger partial charge in [-0.2, -0.15) is 11.8 Å². The molecule has 2 nitrogen and oxygen atoms in total. The molecule has 1 aromatic rings. The molecule has 1 fully saturated rings. The topological polar surface area (TPSA) is 29.1 Å². The van der Waals surface area contributed by atoms with E-state index in [2.05, 4.69) is 37.4 Å². The average molecular weight is 263 g/mol. The first-order chi connectivity index (χ1) is 8.65. The van der Waals surface area contributed by atoms with Gasteiger partial charge in [-0.1, -0.05) is 23.8 Å². The summed E-state index contributed by atoms with van der Waals surface area (Å²) in [5.41, 5.74) is 3.57. The lowest BCUT2D eigenvalue weighted by molar-refractivity contribution is -0.121. The van der Waals surface area contributed by atoms with Gasteiger partial charge in [0.25, 0.3) is 0 Å². The summed E-state index contributed by atoms with van der Waals surface area (Å²) < 4.78 is 0. The van der Waals surface area contributed by atoms with E-state index < -0.39 is 0 Å². The van der Waals surface area contributed by atoms with Gasteiger partial charge in [0.1, 0.15) is 0 Å². The molecule has 0 spiro atoms. The Morgan fingerprint density at radius 3 is 2.78 bits per heavy atom. The van der Waals surface area contributed by atoms with E-state index in [1.807, 2.05) is 11.8 Å². The van der Waals surface area contributed by atoms with Crippen LogP contribution < -0.4 is 5.32 Å². The van der Waals surface area contributed by atoms with Crippen LogP contribution in [0.4, 0.5) is 0 Å². The Kier molecular flexibility index (Phi) is 4.70. The third-order valence-electron chi connectivity index (χ3n) is 3.44. The van der Waals surface area contributed by atoms with E-state index in [0.29, 0.717) is 12.5 Å². The maximum atomic E-state index is 12.0. The van der Waals surface area contributed by atoms with Crippen molar-refractivity contribution < 1.29 is 4.79 Å². The second-order valence-electron chi connectivity index (χ2n) is 5.06. The highest BCUT2D eigenvalue weighted by molar-refractivity contribution is 7.99. The lowest BCUT2D eigenvalue weighted by Crippen LogP contribution is -2.38. The van der Waals surface area contributed by atoms with E-state index >= 15 is 0 Å². The van der Waals surface area contributed by atoms with E-state index in [9.17, 15) is 4.79 Å². The highest BCUT2D eigenvalue weighted by Gasteiger charge is 2.16. The van der Waals surface area contributed by atoms with Crippen LogP contribution in [0, 0.1) is 13.8 Å². The monoisotopic (exact) mass is 263 g/mol. The SMILES string of the molecule is Cc1ccc(C)c(CC(=O)NC2CCSCC2)c1. The molecule has 0 bridgehead atoms. The number of thioether (sulfide) groups is 1. The largest absolute Gasteiger partial charge is 0.353 e. The lowest BCUT2D eigenvalue weighted by Gasteiger charge is -2.22. The molecule has 1 aromatic carbocycles. The first-order valence-electron chi connectivity index (χ1n) is 6.58. The van der Waals surface area contributed by atoms with E-state index in [4.69, 9.17) is 0 Å². The summed E-state index contributed by atoms with van der Waals surface area (Å²) in [5, 5.41) is 3.16. The van der Waals surface area contributed by atoms with Crippen molar-refractivity contribution in [3.05, 3.63) is 34.9 Å². The van der Waals surface area contributed by atoms with Crippen molar-refractivity contribution in [3.8, 4) is 0 Å². The highest BCUT2D eigenvalue weighted by atomic mass is 32.2. The molecule has 1 aliphatic heterocycles. The first-order valence-corrected chi connectivity index (χ1v) is 7.74. The number of nitrogens with one attached hydrogen (secondary N) is 1. The van der Waals surface area contributed by atoms with E-state index in [1.165, 1.54) is 22.6 Å². The van der Waals surface area contributed by atoms with Crippen LogP contribution in [-0.4, -0.2) is 23.5 Å². The Bertz CT molecular complexity index is 425. The first kappa shape index (κ1) is 13.5. The second-order valence-corrected chi connectivity index (χ2v) is 6.29. The van der Waals surface area contributed by atoms with Gasteiger partial charge >= 0.3 is 0 Å². The zero-order chi connectivity index (χ0) is 13.0. The van der Waals surface area contributed by atoms with Crippen LogP contribution in [0.15, 0.2) is 18.2 Å². The zero-order valence-corrected chi connectivity index (χ0v) is 12.0. The number of carbonyl (C=O) groups excluding carboxylic acids is 1. The van der Waals surface area contributed by atoms with Gasteiger partial charge in [-0.05, 0) is 49.3 Å². The van der Waals surface area contributed by atoms with Crippen LogP contribution in [-0.2, 0) is 11.2 Å². The minimum Gasteiger partial charge on any atom is -0.353 e. The summed E-state index contributed by atoms with van der Waals surface area (Å²) >= 11 is 1.98. The fourth-order valence-electron chi connectivity index (χ4n) is 2.28. The number of hydrogen-bond donors (Lipinski definition) is 1. The molecule has 1 heterocycles. The molecule has 0 atom stereocenters. The van der Waals surface area contributed by atoms with Crippen LogP contribution in [0.25, 0.3) is 0 Å². The number of amides is 1. The van der Waals surface area contributed by atoms with Crippen LogP contribution in [0.5, 0.6) is 0 Å². The van der Waals surface area contributed by atoms with Crippen molar-refractivity contribution >= 4 is 17.7 Å². The number of benzene rings is 1. The maximum Gasteiger partial charge on any atom is 0.224 e. The number of rotatable bonds is 3. The van der Waals surface area contributed by atoms with Crippen molar-refractivity contribution in [1.82, 2.24) is 5.32 Å². The fourth-order valence-corrected chi connectivity index (χ4v) is 3.39. The summed E-state index contributed by atoms with van der Waals surface area (Å²) in [6, 6.07) is 6.69. The van der Waals surface area contributed by atoms with Crippen molar-refractivity contribution in [2.24, 2.45) is 0 Å². The Balaban J connectivity index is 1.92. The molecule has 0 saturated carbocycles. The molecule has 1 N–H and O–H groups in total. The van der Waals surface area contributed by atoms with Gasteiger partial charge in [0, 0.05) is 6.04 Å². The Morgan fingerprint density at radius 1 is 1.33 bits per heavy atom. The van der Waals surface area contributed by atoms with Gasteiger partial charge in [0.2, 0.25) is 5.91 Å². The smallest absolute Gasteiger partial charge is 0.224 e. The molecule has 1 aliphatic rings. The third kappa shape index (κ3) is 3.77. The highest BCUT2D eigenvalue weighted by Crippen LogP contribution is 2.17. The Hall–Kier alpha value is -0.960. The van der Waals surface area contributed by atoms with Crippen LogP contribution in [0.1, 0.15) is 29.5 Å². The van der Waals surface area contributed by atoms with Gasteiger partial charge < -0.3 is 5.32 Å². The fraction of sp³-hybridized carbons (Fsp3) is 0.533. The van der Waals surface area contributed by atoms with Crippen LogP contribution in [0.3, 0.4) is 0 Å².